The van der Waals surface area contributed by atoms with Crippen LogP contribution in [0.3, 0.4) is 0 Å². The molecule has 0 spiro atoms. The standard InChI is InChI=1S/C8H9BrClNO/c1-5(12)6-2-3-8(10,11)7(9)4-6/h2-4,6H,11H2,1H3. The Morgan fingerprint density at radius 2 is 2.42 bits per heavy atom. The topological polar surface area (TPSA) is 43.1 Å². The minimum Gasteiger partial charge on any atom is -0.305 e. The summed E-state index contributed by atoms with van der Waals surface area (Å²) in [7, 11) is 0. The summed E-state index contributed by atoms with van der Waals surface area (Å²) >= 11 is 9.08. The lowest BCUT2D eigenvalue weighted by Crippen LogP contribution is -2.33. The van der Waals surface area contributed by atoms with Gasteiger partial charge in [-0.1, -0.05) is 39.7 Å². The Bertz CT molecular complexity index is 270. The summed E-state index contributed by atoms with van der Waals surface area (Å²) in [5, 5.41) is 0. The molecule has 0 aromatic heterocycles. The van der Waals surface area contributed by atoms with Crippen molar-refractivity contribution >= 4 is 33.3 Å². The first-order valence-electron chi connectivity index (χ1n) is 3.49. The number of allylic oxidation sites excluding steroid dienone is 2. The molecule has 2 unspecified atom stereocenters. The molecule has 66 valence electrons. The Hall–Kier alpha value is -0.120. The van der Waals surface area contributed by atoms with Gasteiger partial charge in [-0.2, -0.15) is 0 Å². The lowest BCUT2D eigenvalue weighted by atomic mass is 9.97. The van der Waals surface area contributed by atoms with Crippen LogP contribution in [0.15, 0.2) is 22.7 Å². The lowest BCUT2D eigenvalue weighted by Gasteiger charge is -2.22. The zero-order valence-electron chi connectivity index (χ0n) is 6.55. The molecule has 0 aliphatic heterocycles. The van der Waals surface area contributed by atoms with Gasteiger partial charge in [0, 0.05) is 4.48 Å². The highest BCUT2D eigenvalue weighted by Crippen LogP contribution is 2.31. The number of alkyl halides is 1. The van der Waals surface area contributed by atoms with Crippen molar-refractivity contribution in [2.45, 2.75) is 11.9 Å². The molecule has 1 rings (SSSR count). The van der Waals surface area contributed by atoms with E-state index in [4.69, 9.17) is 17.3 Å². The molecule has 2 N–H and O–H groups in total. The van der Waals surface area contributed by atoms with Crippen LogP contribution in [-0.4, -0.2) is 10.8 Å². The van der Waals surface area contributed by atoms with Crippen LogP contribution in [-0.2, 0) is 4.79 Å². The molecule has 0 heterocycles. The smallest absolute Gasteiger partial charge is 0.141 e. The van der Waals surface area contributed by atoms with E-state index in [1.165, 1.54) is 6.92 Å². The van der Waals surface area contributed by atoms with Gasteiger partial charge in [-0.3, -0.25) is 4.79 Å². The van der Waals surface area contributed by atoms with Crippen LogP contribution in [0.5, 0.6) is 0 Å². The molecule has 0 fully saturated rings. The molecule has 4 heteroatoms. The Labute approximate surface area is 84.6 Å². The van der Waals surface area contributed by atoms with Gasteiger partial charge in [0.2, 0.25) is 0 Å². The summed E-state index contributed by atoms with van der Waals surface area (Å²) < 4.78 is 0.638. The van der Waals surface area contributed by atoms with Gasteiger partial charge in [-0.25, -0.2) is 0 Å². The fraction of sp³-hybridized carbons (Fsp3) is 0.375. The van der Waals surface area contributed by atoms with Gasteiger partial charge in [0.25, 0.3) is 0 Å². The van der Waals surface area contributed by atoms with Crippen LogP contribution in [0.2, 0.25) is 0 Å². The number of Topliss-reactive ketones (excluding diaryl/α,β-unsaturated/α-hetero) is 1. The average molecular weight is 251 g/mol. The fourth-order valence-electron chi connectivity index (χ4n) is 0.917. The summed E-state index contributed by atoms with van der Waals surface area (Å²) in [5.74, 6) is -0.120. The molecule has 0 aromatic carbocycles. The second-order valence-electron chi connectivity index (χ2n) is 2.78. The number of carbonyl (C=O) groups is 1. The first-order valence-corrected chi connectivity index (χ1v) is 4.66. The number of ketones is 1. The quantitative estimate of drug-likeness (QED) is 0.439. The van der Waals surface area contributed by atoms with E-state index in [0.717, 1.165) is 0 Å². The van der Waals surface area contributed by atoms with E-state index in [9.17, 15) is 4.79 Å². The summed E-state index contributed by atoms with van der Waals surface area (Å²) in [6.07, 6.45) is 5.04. The first-order chi connectivity index (χ1) is 5.43. The van der Waals surface area contributed by atoms with Gasteiger partial charge < -0.3 is 5.73 Å². The molecule has 0 amide bonds. The summed E-state index contributed by atoms with van der Waals surface area (Å²) in [6, 6.07) is 0. The highest BCUT2D eigenvalue weighted by Gasteiger charge is 2.27. The van der Waals surface area contributed by atoms with Gasteiger partial charge >= 0.3 is 0 Å². The summed E-state index contributed by atoms with van der Waals surface area (Å²) in [5.41, 5.74) is 5.64. The maximum Gasteiger partial charge on any atom is 0.141 e. The predicted molar refractivity (Wildman–Crippen MR) is 53.1 cm³/mol. The van der Waals surface area contributed by atoms with Crippen LogP contribution in [0.1, 0.15) is 6.92 Å². The number of hydrogen-bond donors (Lipinski definition) is 1. The molecule has 0 bridgehead atoms. The van der Waals surface area contributed by atoms with Crippen molar-refractivity contribution in [1.29, 1.82) is 0 Å². The normalized spacial score (nSPS) is 34.7. The average Bonchev–Trinajstić information content (AvgIpc) is 1.94. The zero-order chi connectivity index (χ0) is 9.35. The molecule has 1 aliphatic rings. The van der Waals surface area contributed by atoms with Crippen LogP contribution in [0.4, 0.5) is 0 Å². The van der Waals surface area contributed by atoms with Crippen molar-refractivity contribution in [1.82, 2.24) is 0 Å². The van der Waals surface area contributed by atoms with Crippen LogP contribution in [0, 0.1) is 5.92 Å². The number of carbonyl (C=O) groups excluding carboxylic acids is 1. The Morgan fingerprint density at radius 1 is 1.83 bits per heavy atom. The monoisotopic (exact) mass is 249 g/mol. The van der Waals surface area contributed by atoms with Crippen molar-refractivity contribution in [3.63, 3.8) is 0 Å². The fourth-order valence-corrected chi connectivity index (χ4v) is 1.47. The Kier molecular flexibility index (Phi) is 2.76. The van der Waals surface area contributed by atoms with Crippen LogP contribution >= 0.6 is 27.5 Å². The SMILES string of the molecule is CC(=O)C1C=CC(N)(Cl)C(Br)=C1. The zero-order valence-corrected chi connectivity index (χ0v) is 8.89. The molecule has 2 atom stereocenters. The molecule has 0 aromatic rings. The summed E-state index contributed by atoms with van der Waals surface area (Å²) in [6.45, 7) is 1.53. The van der Waals surface area contributed by atoms with E-state index >= 15 is 0 Å². The third-order valence-corrected chi connectivity index (χ3v) is 3.19. The molecule has 0 saturated heterocycles. The third kappa shape index (κ3) is 1.97. The molecular weight excluding hydrogens is 241 g/mol. The van der Waals surface area contributed by atoms with Crippen LogP contribution in [0.25, 0.3) is 0 Å². The Morgan fingerprint density at radius 3 is 2.83 bits per heavy atom. The minimum absolute atomic E-state index is 0.0790. The van der Waals surface area contributed by atoms with E-state index < -0.39 is 5.00 Å². The number of hydrogen-bond acceptors (Lipinski definition) is 2. The largest absolute Gasteiger partial charge is 0.305 e. The lowest BCUT2D eigenvalue weighted by molar-refractivity contribution is -0.118. The third-order valence-electron chi connectivity index (χ3n) is 1.71. The Balaban J connectivity index is 2.90. The van der Waals surface area contributed by atoms with E-state index in [0.29, 0.717) is 4.48 Å². The van der Waals surface area contributed by atoms with Crippen molar-refractivity contribution in [2.75, 3.05) is 0 Å². The van der Waals surface area contributed by atoms with E-state index in [2.05, 4.69) is 15.9 Å². The highest BCUT2D eigenvalue weighted by molar-refractivity contribution is 9.11. The second kappa shape index (κ2) is 3.32. The maximum absolute atomic E-state index is 11.0. The minimum atomic E-state index is -0.980. The molecule has 1 aliphatic carbocycles. The van der Waals surface area contributed by atoms with Gasteiger partial charge in [0.1, 0.15) is 10.8 Å². The first kappa shape index (κ1) is 9.96. The van der Waals surface area contributed by atoms with Crippen molar-refractivity contribution in [3.8, 4) is 0 Å². The molecule has 2 nitrogen and oxygen atoms in total. The number of nitrogens with two attached hydrogens (primary N) is 1. The van der Waals surface area contributed by atoms with E-state index in [1.54, 1.807) is 18.2 Å². The highest BCUT2D eigenvalue weighted by atomic mass is 79.9. The van der Waals surface area contributed by atoms with Gasteiger partial charge in [0.05, 0.1) is 5.92 Å². The molecular formula is C8H9BrClNO. The second-order valence-corrected chi connectivity index (χ2v) is 4.26. The predicted octanol–water partition coefficient (Wildman–Crippen LogP) is 1.93. The summed E-state index contributed by atoms with van der Waals surface area (Å²) in [4.78, 5) is 9.97. The van der Waals surface area contributed by atoms with Gasteiger partial charge in [-0.15, -0.1) is 0 Å². The van der Waals surface area contributed by atoms with Gasteiger partial charge in [0.15, 0.2) is 0 Å². The number of halogens is 2. The number of rotatable bonds is 1. The van der Waals surface area contributed by atoms with Crippen molar-refractivity contribution < 1.29 is 4.79 Å². The van der Waals surface area contributed by atoms with Crippen molar-refractivity contribution in [3.05, 3.63) is 22.7 Å². The molecule has 0 saturated carbocycles. The van der Waals surface area contributed by atoms with Crippen LogP contribution < -0.4 is 5.73 Å². The molecule has 12 heavy (non-hydrogen) atoms. The van der Waals surface area contributed by atoms with Gasteiger partial charge in [-0.05, 0) is 13.0 Å². The van der Waals surface area contributed by atoms with E-state index in [-0.39, 0.29) is 11.7 Å². The molecule has 0 radical (unpaired) electrons. The maximum atomic E-state index is 11.0. The van der Waals surface area contributed by atoms with E-state index in [1.807, 2.05) is 0 Å². The van der Waals surface area contributed by atoms with Crippen molar-refractivity contribution in [2.24, 2.45) is 11.7 Å².